The third kappa shape index (κ3) is 3.78. The minimum atomic E-state index is -0.204. The molecule has 5 heteroatoms. The molecule has 0 atom stereocenters. The minimum absolute atomic E-state index is 0.104. The Hall–Kier alpha value is -3.47. The smallest absolute Gasteiger partial charge is 0.255 e. The van der Waals surface area contributed by atoms with Crippen LogP contribution >= 0.6 is 0 Å². The largest absolute Gasteiger partial charge is 0.352 e. The Morgan fingerprint density at radius 3 is 2.61 bits per heavy atom. The Bertz CT molecular complexity index is 987. The maximum absolute atomic E-state index is 12.9. The number of benzene rings is 2. The highest BCUT2D eigenvalue weighted by atomic mass is 16.2. The zero-order valence-electron chi connectivity index (χ0n) is 15.5. The topological polar surface area (TPSA) is 62.3 Å². The SMILES string of the molecule is O=C(NCCc1ccccc1)c1cccc2c1C(=O)N(Cc1cccnc1)C2. The van der Waals surface area contributed by atoms with Gasteiger partial charge in [0.2, 0.25) is 0 Å². The number of pyridine rings is 1. The number of nitrogens with one attached hydrogen (secondary N) is 1. The lowest BCUT2D eigenvalue weighted by molar-refractivity contribution is 0.0761. The fourth-order valence-corrected chi connectivity index (χ4v) is 3.51. The van der Waals surface area contributed by atoms with E-state index in [1.807, 2.05) is 54.6 Å². The summed E-state index contributed by atoms with van der Waals surface area (Å²) in [5, 5.41) is 2.94. The Kier molecular flexibility index (Phi) is 5.15. The van der Waals surface area contributed by atoms with E-state index >= 15 is 0 Å². The van der Waals surface area contributed by atoms with Gasteiger partial charge in [0.1, 0.15) is 0 Å². The minimum Gasteiger partial charge on any atom is -0.352 e. The van der Waals surface area contributed by atoms with E-state index in [4.69, 9.17) is 0 Å². The molecule has 0 unspecified atom stereocenters. The number of nitrogens with zero attached hydrogens (tertiary/aromatic N) is 2. The molecular weight excluding hydrogens is 350 g/mol. The maximum Gasteiger partial charge on any atom is 0.255 e. The van der Waals surface area contributed by atoms with E-state index < -0.39 is 0 Å². The zero-order chi connectivity index (χ0) is 19.3. The first-order valence-electron chi connectivity index (χ1n) is 9.34. The molecule has 5 nitrogen and oxygen atoms in total. The fourth-order valence-electron chi connectivity index (χ4n) is 3.51. The van der Waals surface area contributed by atoms with Crippen LogP contribution in [0.1, 0.15) is 37.4 Å². The molecule has 0 radical (unpaired) electrons. The highest BCUT2D eigenvalue weighted by Crippen LogP contribution is 2.27. The van der Waals surface area contributed by atoms with Crippen molar-refractivity contribution in [3.05, 3.63) is 101 Å². The van der Waals surface area contributed by atoms with Gasteiger partial charge in [-0.15, -0.1) is 0 Å². The summed E-state index contributed by atoms with van der Waals surface area (Å²) in [4.78, 5) is 31.5. The van der Waals surface area contributed by atoms with Gasteiger partial charge in [0, 0.05) is 32.0 Å². The second-order valence-electron chi connectivity index (χ2n) is 6.85. The van der Waals surface area contributed by atoms with Crippen molar-refractivity contribution in [2.75, 3.05) is 6.54 Å². The predicted molar refractivity (Wildman–Crippen MR) is 107 cm³/mol. The number of carbonyl (C=O) groups excluding carboxylic acids is 2. The van der Waals surface area contributed by atoms with Crippen LogP contribution in [0.3, 0.4) is 0 Å². The van der Waals surface area contributed by atoms with E-state index in [-0.39, 0.29) is 11.8 Å². The third-order valence-electron chi connectivity index (χ3n) is 4.90. The van der Waals surface area contributed by atoms with Gasteiger partial charge in [-0.3, -0.25) is 14.6 Å². The normalized spacial score (nSPS) is 12.7. The average molecular weight is 371 g/mol. The second kappa shape index (κ2) is 8.05. The molecule has 2 heterocycles. The van der Waals surface area contributed by atoms with Crippen molar-refractivity contribution in [1.29, 1.82) is 0 Å². The van der Waals surface area contributed by atoms with Gasteiger partial charge in [0.25, 0.3) is 11.8 Å². The van der Waals surface area contributed by atoms with Gasteiger partial charge in [-0.1, -0.05) is 48.5 Å². The van der Waals surface area contributed by atoms with E-state index in [1.165, 1.54) is 5.56 Å². The summed E-state index contributed by atoms with van der Waals surface area (Å²) in [5.41, 5.74) is 4.00. The van der Waals surface area contributed by atoms with Crippen LogP contribution in [0.25, 0.3) is 0 Å². The first-order chi connectivity index (χ1) is 13.7. The van der Waals surface area contributed by atoms with Crippen molar-refractivity contribution in [1.82, 2.24) is 15.2 Å². The molecule has 1 aliphatic rings. The molecule has 4 rings (SSSR count). The summed E-state index contributed by atoms with van der Waals surface area (Å²) in [5.74, 6) is -0.308. The van der Waals surface area contributed by atoms with E-state index in [1.54, 1.807) is 23.4 Å². The number of hydrogen-bond donors (Lipinski definition) is 1. The number of carbonyl (C=O) groups is 2. The summed E-state index contributed by atoms with van der Waals surface area (Å²) in [6.07, 6.45) is 4.22. The molecular formula is C23H21N3O2. The zero-order valence-corrected chi connectivity index (χ0v) is 15.5. The average Bonchev–Trinajstić information content (AvgIpc) is 3.05. The summed E-state index contributed by atoms with van der Waals surface area (Å²) >= 11 is 0. The fraction of sp³-hybridized carbons (Fsp3) is 0.174. The van der Waals surface area contributed by atoms with Crippen molar-refractivity contribution >= 4 is 11.8 Å². The molecule has 2 aromatic carbocycles. The molecule has 0 saturated carbocycles. The molecule has 0 fully saturated rings. The predicted octanol–water partition coefficient (Wildman–Crippen LogP) is 3.21. The van der Waals surface area contributed by atoms with Gasteiger partial charge in [-0.25, -0.2) is 0 Å². The van der Waals surface area contributed by atoms with E-state index in [9.17, 15) is 9.59 Å². The van der Waals surface area contributed by atoms with Gasteiger partial charge >= 0.3 is 0 Å². The molecule has 0 spiro atoms. The molecule has 0 saturated heterocycles. The van der Waals surface area contributed by atoms with Crippen LogP contribution in [0.5, 0.6) is 0 Å². The summed E-state index contributed by atoms with van der Waals surface area (Å²) in [7, 11) is 0. The van der Waals surface area contributed by atoms with Crippen molar-refractivity contribution in [2.45, 2.75) is 19.5 Å². The highest BCUT2D eigenvalue weighted by Gasteiger charge is 2.31. The van der Waals surface area contributed by atoms with Crippen LogP contribution in [0.4, 0.5) is 0 Å². The maximum atomic E-state index is 12.9. The first-order valence-corrected chi connectivity index (χ1v) is 9.34. The van der Waals surface area contributed by atoms with Crippen LogP contribution in [0, 0.1) is 0 Å². The van der Waals surface area contributed by atoms with Gasteiger partial charge in [-0.2, -0.15) is 0 Å². The van der Waals surface area contributed by atoms with Gasteiger partial charge in [0.05, 0.1) is 11.1 Å². The summed E-state index contributed by atoms with van der Waals surface area (Å²) in [6.45, 7) is 1.52. The Labute approximate surface area is 164 Å². The summed E-state index contributed by atoms with van der Waals surface area (Å²) < 4.78 is 0. The molecule has 0 aliphatic carbocycles. The van der Waals surface area contributed by atoms with Crippen molar-refractivity contribution in [3.63, 3.8) is 0 Å². The van der Waals surface area contributed by atoms with Crippen LogP contribution < -0.4 is 5.32 Å². The Morgan fingerprint density at radius 1 is 1.00 bits per heavy atom. The molecule has 2 amide bonds. The number of aromatic nitrogens is 1. The van der Waals surface area contributed by atoms with E-state index in [0.717, 1.165) is 17.5 Å². The molecule has 1 N–H and O–H groups in total. The van der Waals surface area contributed by atoms with Crippen LogP contribution in [0.15, 0.2) is 73.1 Å². The standard InChI is InChI=1S/C23H21N3O2/c27-22(25-13-11-17-6-2-1-3-7-17)20-10-4-9-19-16-26(23(28)21(19)20)15-18-8-5-12-24-14-18/h1-10,12,14H,11,13,15-16H2,(H,25,27). The number of rotatable bonds is 6. The molecule has 1 aliphatic heterocycles. The van der Waals surface area contributed by atoms with Gasteiger partial charge < -0.3 is 10.2 Å². The van der Waals surface area contributed by atoms with Gasteiger partial charge in [-0.05, 0) is 35.2 Å². The highest BCUT2D eigenvalue weighted by molar-refractivity contribution is 6.09. The Balaban J connectivity index is 1.45. The monoisotopic (exact) mass is 371 g/mol. The van der Waals surface area contributed by atoms with Crippen LogP contribution in [-0.4, -0.2) is 28.2 Å². The number of fused-ring (bicyclic) bond motifs is 1. The van der Waals surface area contributed by atoms with E-state index in [0.29, 0.717) is 30.8 Å². The van der Waals surface area contributed by atoms with Crippen LogP contribution in [0.2, 0.25) is 0 Å². The van der Waals surface area contributed by atoms with Crippen LogP contribution in [-0.2, 0) is 19.5 Å². The molecule has 1 aromatic heterocycles. The molecule has 3 aromatic rings. The number of hydrogen-bond acceptors (Lipinski definition) is 3. The molecule has 0 bridgehead atoms. The molecule has 28 heavy (non-hydrogen) atoms. The number of amides is 2. The first kappa shape index (κ1) is 17.9. The molecule has 140 valence electrons. The van der Waals surface area contributed by atoms with Gasteiger partial charge in [0.15, 0.2) is 0 Å². The van der Waals surface area contributed by atoms with Crippen molar-refractivity contribution in [3.8, 4) is 0 Å². The lowest BCUT2D eigenvalue weighted by Gasteiger charge is -2.15. The second-order valence-corrected chi connectivity index (χ2v) is 6.85. The van der Waals surface area contributed by atoms with Crippen molar-refractivity contribution in [2.24, 2.45) is 0 Å². The quantitative estimate of drug-likeness (QED) is 0.724. The third-order valence-corrected chi connectivity index (χ3v) is 4.90. The van der Waals surface area contributed by atoms with E-state index in [2.05, 4.69) is 10.3 Å². The van der Waals surface area contributed by atoms with Crippen molar-refractivity contribution < 1.29 is 9.59 Å². The lowest BCUT2D eigenvalue weighted by Crippen LogP contribution is -2.29. The summed E-state index contributed by atoms with van der Waals surface area (Å²) in [6, 6.07) is 19.3. The lowest BCUT2D eigenvalue weighted by atomic mass is 10.0. The Morgan fingerprint density at radius 2 is 1.82 bits per heavy atom.